The maximum atomic E-state index is 6.29. The average Bonchev–Trinajstić information content (AvgIpc) is 4.11. The zero-order valence-corrected chi connectivity index (χ0v) is 40.2. The quantitative estimate of drug-likeness (QED) is 0.160. The van der Waals surface area contributed by atoms with E-state index >= 15 is 0 Å². The third-order valence-electron chi connectivity index (χ3n) is 13.5. The molecule has 0 bridgehead atoms. The van der Waals surface area contributed by atoms with Crippen LogP contribution >= 0.6 is 0 Å². The minimum atomic E-state index is -0.431. The van der Waals surface area contributed by atoms with Crippen LogP contribution in [0.5, 0.6) is 0 Å². The van der Waals surface area contributed by atoms with Crippen molar-refractivity contribution in [2.75, 3.05) is 0 Å². The lowest BCUT2D eigenvalue weighted by Gasteiger charge is -2.31. The van der Waals surface area contributed by atoms with Gasteiger partial charge in [0.05, 0.1) is 10.9 Å². The summed E-state index contributed by atoms with van der Waals surface area (Å²) >= 11 is 0. The Labute approximate surface area is 399 Å². The van der Waals surface area contributed by atoms with Gasteiger partial charge in [0.1, 0.15) is 11.2 Å². The maximum Gasteiger partial charge on any atom is 0.164 e. The van der Waals surface area contributed by atoms with E-state index in [2.05, 4.69) is 166 Å². The number of hydrogen-bond donors (Lipinski definition) is 0. The normalized spacial score (nSPS) is 14.7. The Kier molecular flexibility index (Phi) is 11.7. The zero-order valence-electron chi connectivity index (χ0n) is 40.2. The number of nitrogens with zero attached hydrogens (tertiary/aromatic N) is 4. The van der Waals surface area contributed by atoms with Crippen LogP contribution < -0.4 is 0 Å². The highest BCUT2D eigenvalue weighted by atomic mass is 16.3. The third kappa shape index (κ3) is 6.55. The van der Waals surface area contributed by atoms with Gasteiger partial charge in [0.15, 0.2) is 17.5 Å². The number of allylic oxidation sites excluding steroid dienone is 5. The molecule has 68 heavy (non-hydrogen) atoms. The van der Waals surface area contributed by atoms with Gasteiger partial charge in [-0.1, -0.05) is 174 Å². The predicted octanol–water partition coefficient (Wildman–Crippen LogP) is 17.0. The molecule has 0 saturated heterocycles. The molecule has 0 fully saturated rings. The van der Waals surface area contributed by atoms with E-state index in [-0.39, 0.29) is 0 Å². The topological polar surface area (TPSA) is 56.7 Å². The molecule has 12 rings (SSSR count). The maximum absolute atomic E-state index is 6.29. The highest BCUT2D eigenvalue weighted by molar-refractivity contribution is 6.12. The van der Waals surface area contributed by atoms with Gasteiger partial charge in [-0.2, -0.15) is 0 Å². The lowest BCUT2D eigenvalue weighted by molar-refractivity contribution is 0.669. The van der Waals surface area contributed by atoms with Gasteiger partial charge < -0.3 is 8.98 Å². The summed E-state index contributed by atoms with van der Waals surface area (Å²) < 4.78 is 8.79. The van der Waals surface area contributed by atoms with E-state index in [9.17, 15) is 0 Å². The minimum absolute atomic E-state index is 0.431. The summed E-state index contributed by atoms with van der Waals surface area (Å²) in [5.41, 5.74) is 19.4. The molecular formula is C63H56N4O. The van der Waals surface area contributed by atoms with Gasteiger partial charge in [-0.05, 0) is 114 Å². The van der Waals surface area contributed by atoms with E-state index in [1.165, 1.54) is 66.7 Å². The van der Waals surface area contributed by atoms with Gasteiger partial charge in [-0.25, -0.2) is 15.0 Å². The van der Waals surface area contributed by atoms with Crippen molar-refractivity contribution < 1.29 is 4.42 Å². The summed E-state index contributed by atoms with van der Waals surface area (Å²) in [6.45, 7) is 16.8. The van der Waals surface area contributed by atoms with Crippen LogP contribution in [-0.4, -0.2) is 19.5 Å². The molecule has 1 spiro atoms. The fourth-order valence-electron chi connectivity index (χ4n) is 11.0. The molecule has 1 unspecified atom stereocenters. The standard InChI is InChI=1S/C59H44N4O.2C2H6/c1-5-18-46-36(4)41-22-11-14-26-47(41)59(46)48-27-15-12-23-43(48)54-49(59)35-34-42-40(7-3)50(19-6-2)63(55(42)54)39-32-30-38(31-33-39)57-60-56(37-20-9-8-10-21-37)61-58(62-57)45-25-17-29-52-53(45)44-24-13-16-28-51(44)64-52;2*1-2/h5-6,8-35H,7H2,1-4H3;2*1-2H3/b18-5-,19-6-;;. The Bertz CT molecular complexity index is 3620. The van der Waals surface area contributed by atoms with E-state index in [0.29, 0.717) is 17.5 Å². The first-order valence-corrected chi connectivity index (χ1v) is 24.2. The molecule has 334 valence electrons. The van der Waals surface area contributed by atoms with E-state index in [0.717, 1.165) is 50.7 Å². The molecule has 1 atom stereocenters. The Hall–Kier alpha value is -7.89. The summed E-state index contributed by atoms with van der Waals surface area (Å²) in [5, 5.41) is 3.30. The van der Waals surface area contributed by atoms with Crippen molar-refractivity contribution in [2.45, 2.75) is 67.2 Å². The Morgan fingerprint density at radius 1 is 0.529 bits per heavy atom. The van der Waals surface area contributed by atoms with Gasteiger partial charge >= 0.3 is 0 Å². The number of aryl methyl sites for hydroxylation is 1. The van der Waals surface area contributed by atoms with E-state index in [4.69, 9.17) is 19.4 Å². The van der Waals surface area contributed by atoms with Gasteiger partial charge in [0, 0.05) is 49.8 Å². The second kappa shape index (κ2) is 18.1. The number of benzene rings is 7. The molecule has 3 aromatic heterocycles. The lowest BCUT2D eigenvalue weighted by atomic mass is 9.69. The van der Waals surface area contributed by atoms with Crippen molar-refractivity contribution in [2.24, 2.45) is 0 Å². The molecular weight excluding hydrogens is 829 g/mol. The molecule has 3 heterocycles. The molecule has 7 aromatic carbocycles. The number of rotatable bonds is 7. The Morgan fingerprint density at radius 3 is 1.82 bits per heavy atom. The predicted molar refractivity (Wildman–Crippen MR) is 286 cm³/mol. The van der Waals surface area contributed by atoms with Crippen molar-refractivity contribution in [1.29, 1.82) is 0 Å². The lowest BCUT2D eigenvalue weighted by Crippen LogP contribution is -2.26. The molecule has 5 nitrogen and oxygen atoms in total. The average molecular weight is 885 g/mol. The molecule has 5 heteroatoms. The summed E-state index contributed by atoms with van der Waals surface area (Å²) in [6.07, 6.45) is 9.89. The molecule has 0 amide bonds. The largest absolute Gasteiger partial charge is 0.456 e. The van der Waals surface area contributed by atoms with Crippen LogP contribution in [0.2, 0.25) is 0 Å². The van der Waals surface area contributed by atoms with E-state index < -0.39 is 5.41 Å². The summed E-state index contributed by atoms with van der Waals surface area (Å²) in [7, 11) is 0. The molecule has 10 aromatic rings. The van der Waals surface area contributed by atoms with Gasteiger partial charge in [0.2, 0.25) is 0 Å². The van der Waals surface area contributed by atoms with Crippen molar-refractivity contribution in [1.82, 2.24) is 19.5 Å². The van der Waals surface area contributed by atoms with Crippen LogP contribution in [0.25, 0.3) is 95.5 Å². The molecule has 0 aliphatic heterocycles. The first-order chi connectivity index (χ1) is 33.5. The second-order valence-electron chi connectivity index (χ2n) is 16.8. The molecule has 0 saturated carbocycles. The smallest absolute Gasteiger partial charge is 0.164 e. The van der Waals surface area contributed by atoms with Crippen LogP contribution in [0.4, 0.5) is 0 Å². The Balaban J connectivity index is 0.00000131. The van der Waals surface area contributed by atoms with E-state index in [1.54, 1.807) is 0 Å². The van der Waals surface area contributed by atoms with Crippen molar-refractivity contribution in [3.05, 3.63) is 215 Å². The molecule has 2 aliphatic rings. The third-order valence-corrected chi connectivity index (χ3v) is 13.5. The fraction of sp³-hybridized carbons (Fsp3) is 0.159. The van der Waals surface area contributed by atoms with Crippen molar-refractivity contribution in [3.63, 3.8) is 0 Å². The van der Waals surface area contributed by atoms with Gasteiger partial charge in [-0.15, -0.1) is 0 Å². The van der Waals surface area contributed by atoms with E-state index in [1.807, 2.05) is 76.2 Å². The fourth-order valence-corrected chi connectivity index (χ4v) is 11.0. The highest BCUT2D eigenvalue weighted by Crippen LogP contribution is 2.63. The molecule has 0 radical (unpaired) electrons. The summed E-state index contributed by atoms with van der Waals surface area (Å²) in [5.74, 6) is 1.82. The monoisotopic (exact) mass is 884 g/mol. The number of fused-ring (bicyclic) bond motifs is 12. The summed E-state index contributed by atoms with van der Waals surface area (Å²) in [4.78, 5) is 15.5. The van der Waals surface area contributed by atoms with Crippen LogP contribution in [0.15, 0.2) is 186 Å². The van der Waals surface area contributed by atoms with Gasteiger partial charge in [-0.3, -0.25) is 0 Å². The van der Waals surface area contributed by atoms with Crippen LogP contribution in [0.3, 0.4) is 0 Å². The second-order valence-corrected chi connectivity index (χ2v) is 16.8. The van der Waals surface area contributed by atoms with Gasteiger partial charge in [0.25, 0.3) is 0 Å². The Morgan fingerprint density at radius 2 is 1.12 bits per heavy atom. The number of furan rings is 1. The first-order valence-electron chi connectivity index (χ1n) is 24.2. The SMILES string of the molecule is C/C=C\C1=C(C)c2ccccc2C12c1ccccc1-c1c2ccc2c(CC)c(/C=C\C)n(-c3ccc(-c4nc(-c5ccccc5)nc(-c5cccc6oc7ccccc7c56)n4)cc3)c12.CC.CC. The summed E-state index contributed by atoms with van der Waals surface area (Å²) in [6, 6.07) is 56.1. The van der Waals surface area contributed by atoms with Crippen LogP contribution in [-0.2, 0) is 11.8 Å². The molecule has 2 aliphatic carbocycles. The van der Waals surface area contributed by atoms with Crippen LogP contribution in [0, 0.1) is 0 Å². The van der Waals surface area contributed by atoms with Crippen molar-refractivity contribution in [3.8, 4) is 51.0 Å². The number of hydrogen-bond acceptors (Lipinski definition) is 4. The molecule has 0 N–H and O–H groups in total. The zero-order chi connectivity index (χ0) is 47.1. The van der Waals surface area contributed by atoms with Crippen molar-refractivity contribution >= 4 is 44.5 Å². The number of para-hydroxylation sites is 1. The number of aromatic nitrogens is 4. The highest BCUT2D eigenvalue weighted by Gasteiger charge is 2.52. The van der Waals surface area contributed by atoms with Crippen LogP contribution in [0.1, 0.15) is 88.9 Å². The minimum Gasteiger partial charge on any atom is -0.456 e. The first kappa shape index (κ1) is 44.0.